The number of carbonyl (C=O) groups excluding carboxylic acids is 1. The molecule has 1 N–H and O–H groups in total. The van der Waals surface area contributed by atoms with Crippen LogP contribution in [0.25, 0.3) is 11.0 Å². The summed E-state index contributed by atoms with van der Waals surface area (Å²) < 4.78 is 10.1. The van der Waals surface area contributed by atoms with Gasteiger partial charge in [-0.05, 0) is 30.7 Å². The third kappa shape index (κ3) is 3.68. The second-order valence-corrected chi connectivity index (χ2v) is 5.29. The zero-order chi connectivity index (χ0) is 16.1. The molecule has 1 amide bonds. The molecule has 0 aliphatic carbocycles. The molecule has 0 saturated carbocycles. The van der Waals surface area contributed by atoms with Crippen molar-refractivity contribution in [1.82, 2.24) is 20.2 Å². The van der Waals surface area contributed by atoms with Crippen LogP contribution in [-0.2, 0) is 11.2 Å². The lowest BCUT2D eigenvalue weighted by molar-refractivity contribution is 0.158. The summed E-state index contributed by atoms with van der Waals surface area (Å²) in [5, 5.41) is 3.35. The number of carbonyl (C=O) groups is 1. The number of fused-ring (bicyclic) bond motifs is 1. The fourth-order valence-corrected chi connectivity index (χ4v) is 2.57. The molecule has 0 aromatic carbocycles. The number of nitrogens with one attached hydrogen (secondary N) is 1. The van der Waals surface area contributed by atoms with Crippen LogP contribution < -0.4 is 10.1 Å². The summed E-state index contributed by atoms with van der Waals surface area (Å²) >= 11 is 0. The van der Waals surface area contributed by atoms with Crippen molar-refractivity contribution in [1.29, 1.82) is 0 Å². The average Bonchev–Trinajstić information content (AvgIpc) is 2.99. The van der Waals surface area contributed by atoms with Gasteiger partial charge in [-0.2, -0.15) is 0 Å². The van der Waals surface area contributed by atoms with Crippen LogP contribution in [0.5, 0.6) is 5.88 Å². The molecule has 0 radical (unpaired) electrons. The van der Waals surface area contributed by atoms with Crippen molar-refractivity contribution < 1.29 is 14.3 Å². The van der Waals surface area contributed by atoms with Gasteiger partial charge in [0.2, 0.25) is 5.88 Å². The number of methoxy groups -OCH3 is 1. The lowest BCUT2D eigenvalue weighted by atomic mass is 10.1. The number of nitrogens with zero attached hydrogens (tertiary/aromatic N) is 3. The lowest BCUT2D eigenvalue weighted by Gasteiger charge is -2.13. The quantitative estimate of drug-likeness (QED) is 0.774. The number of hydrogen-bond donors (Lipinski definition) is 1. The van der Waals surface area contributed by atoms with Gasteiger partial charge in [0.15, 0.2) is 0 Å². The fraction of sp³-hybridized carbons (Fsp3) is 0.438. The van der Waals surface area contributed by atoms with Crippen molar-refractivity contribution in [3.63, 3.8) is 0 Å². The molecule has 23 heavy (non-hydrogen) atoms. The number of cyclic esters (lactones) is 1. The van der Waals surface area contributed by atoms with Crippen LogP contribution in [0.4, 0.5) is 4.79 Å². The Morgan fingerprint density at radius 3 is 3.04 bits per heavy atom. The van der Waals surface area contributed by atoms with E-state index in [1.165, 1.54) is 0 Å². The lowest BCUT2D eigenvalue weighted by Crippen LogP contribution is -2.33. The average molecular weight is 316 g/mol. The second-order valence-electron chi connectivity index (χ2n) is 5.29. The van der Waals surface area contributed by atoms with Crippen molar-refractivity contribution in [2.45, 2.75) is 6.42 Å². The van der Waals surface area contributed by atoms with Crippen molar-refractivity contribution in [3.05, 3.63) is 30.0 Å². The summed E-state index contributed by atoms with van der Waals surface area (Å²) in [5.74, 6) is 0.590. The standard InChI is InChI=1S/C16H20N4O3/c1-22-14-3-2-13-15(19-14)12(5-7-18-13)4-6-17-8-9-20-10-11-23-16(20)21/h2-3,5,7,17H,4,6,8-11H2,1H3. The highest BCUT2D eigenvalue weighted by Gasteiger charge is 2.20. The molecule has 1 aliphatic heterocycles. The number of aromatic nitrogens is 2. The van der Waals surface area contributed by atoms with Gasteiger partial charge in [0.1, 0.15) is 6.61 Å². The number of pyridine rings is 2. The third-order valence-corrected chi connectivity index (χ3v) is 3.83. The molecule has 7 heteroatoms. The van der Waals surface area contributed by atoms with Crippen LogP contribution >= 0.6 is 0 Å². The minimum Gasteiger partial charge on any atom is -0.481 e. The van der Waals surface area contributed by atoms with E-state index in [4.69, 9.17) is 9.47 Å². The van der Waals surface area contributed by atoms with E-state index in [1.807, 2.05) is 18.2 Å². The Balaban J connectivity index is 1.53. The first-order valence-electron chi connectivity index (χ1n) is 7.69. The van der Waals surface area contributed by atoms with Crippen molar-refractivity contribution in [3.8, 4) is 5.88 Å². The van der Waals surface area contributed by atoms with Gasteiger partial charge in [-0.3, -0.25) is 4.98 Å². The topological polar surface area (TPSA) is 76.6 Å². The van der Waals surface area contributed by atoms with Crippen molar-refractivity contribution in [2.75, 3.05) is 39.9 Å². The molecule has 2 aromatic heterocycles. The van der Waals surface area contributed by atoms with E-state index < -0.39 is 0 Å². The van der Waals surface area contributed by atoms with Crippen molar-refractivity contribution in [2.24, 2.45) is 0 Å². The summed E-state index contributed by atoms with van der Waals surface area (Å²) in [6.45, 7) is 3.40. The van der Waals surface area contributed by atoms with Crippen LogP contribution in [0, 0.1) is 0 Å². The number of amides is 1. The van der Waals surface area contributed by atoms with E-state index in [0.717, 1.165) is 36.1 Å². The van der Waals surface area contributed by atoms with E-state index in [0.29, 0.717) is 25.6 Å². The van der Waals surface area contributed by atoms with E-state index in [-0.39, 0.29) is 6.09 Å². The Hall–Kier alpha value is -2.41. The largest absolute Gasteiger partial charge is 0.481 e. The number of rotatable bonds is 7. The smallest absolute Gasteiger partial charge is 0.409 e. The van der Waals surface area contributed by atoms with Crippen LogP contribution in [-0.4, -0.2) is 60.9 Å². The molecule has 1 saturated heterocycles. The summed E-state index contributed by atoms with van der Waals surface area (Å²) in [6.07, 6.45) is 2.42. The van der Waals surface area contributed by atoms with E-state index in [2.05, 4.69) is 15.3 Å². The maximum absolute atomic E-state index is 11.3. The zero-order valence-electron chi connectivity index (χ0n) is 13.1. The van der Waals surface area contributed by atoms with Crippen molar-refractivity contribution >= 4 is 17.1 Å². The molecule has 0 atom stereocenters. The molecule has 0 unspecified atom stereocenters. The maximum Gasteiger partial charge on any atom is 0.409 e. The molecule has 3 heterocycles. The molecular weight excluding hydrogens is 296 g/mol. The molecule has 0 spiro atoms. The SMILES string of the molecule is COc1ccc2nccc(CCNCCN3CCOC3=O)c2n1. The normalized spacial score (nSPS) is 14.3. The maximum atomic E-state index is 11.3. The van der Waals surface area contributed by atoms with Gasteiger partial charge >= 0.3 is 6.09 Å². The van der Waals surface area contributed by atoms with Gasteiger partial charge in [-0.25, -0.2) is 9.78 Å². The fourth-order valence-electron chi connectivity index (χ4n) is 2.57. The molecule has 7 nitrogen and oxygen atoms in total. The summed E-state index contributed by atoms with van der Waals surface area (Å²) in [6, 6.07) is 5.71. The highest BCUT2D eigenvalue weighted by Crippen LogP contribution is 2.18. The molecule has 1 fully saturated rings. The number of hydrogen-bond acceptors (Lipinski definition) is 6. The monoisotopic (exact) mass is 316 g/mol. The van der Waals surface area contributed by atoms with Crippen LogP contribution in [0.1, 0.15) is 5.56 Å². The van der Waals surface area contributed by atoms with Crippen LogP contribution in [0.15, 0.2) is 24.4 Å². The Morgan fingerprint density at radius 1 is 1.35 bits per heavy atom. The molecule has 122 valence electrons. The predicted octanol–water partition coefficient (Wildman–Crippen LogP) is 1.22. The number of ether oxygens (including phenoxy) is 2. The zero-order valence-corrected chi connectivity index (χ0v) is 13.1. The van der Waals surface area contributed by atoms with E-state index in [9.17, 15) is 4.79 Å². The van der Waals surface area contributed by atoms with Gasteiger partial charge in [0, 0.05) is 25.4 Å². The van der Waals surface area contributed by atoms with Gasteiger partial charge in [-0.1, -0.05) is 0 Å². The Kier molecular flexibility index (Phi) is 4.87. The molecule has 0 bridgehead atoms. The first-order valence-corrected chi connectivity index (χ1v) is 7.69. The minimum atomic E-state index is -0.219. The van der Waals surface area contributed by atoms with E-state index >= 15 is 0 Å². The summed E-state index contributed by atoms with van der Waals surface area (Å²) in [7, 11) is 1.61. The Labute approximate surface area is 134 Å². The highest BCUT2D eigenvalue weighted by molar-refractivity contribution is 5.78. The minimum absolute atomic E-state index is 0.219. The third-order valence-electron chi connectivity index (χ3n) is 3.83. The van der Waals surface area contributed by atoms with Gasteiger partial charge < -0.3 is 19.7 Å². The van der Waals surface area contributed by atoms with Gasteiger partial charge in [-0.15, -0.1) is 0 Å². The molecular formula is C16H20N4O3. The second kappa shape index (κ2) is 7.23. The summed E-state index contributed by atoms with van der Waals surface area (Å²) in [4.78, 5) is 21.8. The van der Waals surface area contributed by atoms with Gasteiger partial charge in [0.05, 0.1) is 24.7 Å². The molecule has 2 aromatic rings. The predicted molar refractivity (Wildman–Crippen MR) is 85.6 cm³/mol. The summed E-state index contributed by atoms with van der Waals surface area (Å²) in [5.41, 5.74) is 2.86. The van der Waals surface area contributed by atoms with Crippen LogP contribution in [0.3, 0.4) is 0 Å². The Bertz CT molecular complexity index is 692. The first kappa shape index (κ1) is 15.5. The molecule has 3 rings (SSSR count). The first-order chi connectivity index (χ1) is 11.3. The van der Waals surface area contributed by atoms with Crippen LogP contribution in [0.2, 0.25) is 0 Å². The van der Waals surface area contributed by atoms with E-state index in [1.54, 1.807) is 18.2 Å². The van der Waals surface area contributed by atoms with Gasteiger partial charge in [0.25, 0.3) is 0 Å². The molecule has 1 aliphatic rings. The Morgan fingerprint density at radius 2 is 2.26 bits per heavy atom. The highest BCUT2D eigenvalue weighted by atomic mass is 16.6.